The summed E-state index contributed by atoms with van der Waals surface area (Å²) in [7, 11) is -0.967. The Balaban J connectivity index is 2.04. The highest BCUT2D eigenvalue weighted by Gasteiger charge is 2.32. The van der Waals surface area contributed by atoms with Crippen LogP contribution in [-0.2, 0) is 24.3 Å². The summed E-state index contributed by atoms with van der Waals surface area (Å²) in [5.74, 6) is -0.475. The molecule has 28 heavy (non-hydrogen) atoms. The monoisotopic (exact) mass is 414 g/mol. The first-order chi connectivity index (χ1) is 13.2. The molecule has 2 rings (SSSR count). The number of piperazine rings is 1. The maximum absolute atomic E-state index is 13.0. The summed E-state index contributed by atoms with van der Waals surface area (Å²) in [6, 6.07) is 4.57. The van der Waals surface area contributed by atoms with Crippen LogP contribution in [0.3, 0.4) is 0 Å². The van der Waals surface area contributed by atoms with Crippen molar-refractivity contribution in [1.29, 1.82) is 0 Å². The Hall–Kier alpha value is -2.33. The van der Waals surface area contributed by atoms with E-state index in [1.54, 1.807) is 19.9 Å². The average molecular weight is 414 g/mol. The smallest absolute Gasteiger partial charge is 0.308 e. The van der Waals surface area contributed by atoms with Gasteiger partial charge in [-0.3, -0.25) is 9.59 Å². The molecule has 0 saturated carbocycles. The molecule has 0 bridgehead atoms. The Morgan fingerprint density at radius 2 is 1.71 bits per heavy atom. The van der Waals surface area contributed by atoms with E-state index in [0.717, 1.165) is 0 Å². The highest BCUT2D eigenvalue weighted by atomic mass is 32.2. The molecule has 0 atom stereocenters. The van der Waals surface area contributed by atoms with Gasteiger partial charge in [-0.2, -0.15) is 4.31 Å². The van der Waals surface area contributed by atoms with Gasteiger partial charge in [0.25, 0.3) is 5.91 Å². The molecule has 10 heteroatoms. The molecule has 9 nitrogen and oxygen atoms in total. The van der Waals surface area contributed by atoms with Crippen molar-refractivity contribution < 1.29 is 32.2 Å². The van der Waals surface area contributed by atoms with Crippen LogP contribution in [0.2, 0.25) is 0 Å². The van der Waals surface area contributed by atoms with E-state index in [-0.39, 0.29) is 55.3 Å². The fourth-order valence-electron chi connectivity index (χ4n) is 2.69. The summed E-state index contributed by atoms with van der Waals surface area (Å²) < 4.78 is 42.6. The molecule has 1 heterocycles. The third kappa shape index (κ3) is 4.93. The summed E-state index contributed by atoms with van der Waals surface area (Å²) >= 11 is 0. The number of rotatable bonds is 7. The third-order valence-corrected chi connectivity index (χ3v) is 6.31. The van der Waals surface area contributed by atoms with Crippen LogP contribution in [0, 0.1) is 5.92 Å². The number of hydrogen-bond acceptors (Lipinski definition) is 7. The second-order valence-corrected chi connectivity index (χ2v) is 8.47. The Morgan fingerprint density at radius 3 is 2.25 bits per heavy atom. The first kappa shape index (κ1) is 22.0. The predicted molar refractivity (Wildman–Crippen MR) is 101 cm³/mol. The quantitative estimate of drug-likeness (QED) is 0.606. The minimum Gasteiger partial charge on any atom is -0.497 e. The SMILES string of the molecule is COc1ccc(OC)c(S(=O)(=O)N2CCN(C(=O)COC(=O)C(C)C)CC2)c1. The lowest BCUT2D eigenvalue weighted by Gasteiger charge is -2.34. The molecule has 1 aliphatic rings. The number of benzene rings is 1. The molecule has 0 N–H and O–H groups in total. The minimum absolute atomic E-state index is 0.0139. The molecule has 1 amide bonds. The highest BCUT2D eigenvalue weighted by molar-refractivity contribution is 7.89. The summed E-state index contributed by atoms with van der Waals surface area (Å²) in [5.41, 5.74) is 0. The van der Waals surface area contributed by atoms with Gasteiger partial charge in [-0.05, 0) is 12.1 Å². The number of methoxy groups -OCH3 is 2. The second-order valence-electron chi connectivity index (χ2n) is 6.56. The van der Waals surface area contributed by atoms with Gasteiger partial charge in [0.05, 0.1) is 20.1 Å². The van der Waals surface area contributed by atoms with Crippen LogP contribution >= 0.6 is 0 Å². The lowest BCUT2D eigenvalue weighted by Crippen LogP contribution is -2.51. The normalized spacial score (nSPS) is 15.4. The van der Waals surface area contributed by atoms with Crippen LogP contribution in [0.1, 0.15) is 13.8 Å². The van der Waals surface area contributed by atoms with Gasteiger partial charge in [0.15, 0.2) is 6.61 Å². The molecule has 0 aromatic heterocycles. The minimum atomic E-state index is -3.82. The van der Waals surface area contributed by atoms with Crippen LogP contribution in [0.25, 0.3) is 0 Å². The number of amides is 1. The van der Waals surface area contributed by atoms with Gasteiger partial charge in [-0.15, -0.1) is 0 Å². The van der Waals surface area contributed by atoms with E-state index >= 15 is 0 Å². The topological polar surface area (TPSA) is 102 Å². The van der Waals surface area contributed by atoms with Gasteiger partial charge in [-0.25, -0.2) is 8.42 Å². The van der Waals surface area contributed by atoms with Gasteiger partial charge in [-0.1, -0.05) is 13.8 Å². The Labute approximate surface area is 165 Å². The maximum atomic E-state index is 13.0. The van der Waals surface area contributed by atoms with Crippen LogP contribution in [0.15, 0.2) is 23.1 Å². The van der Waals surface area contributed by atoms with Crippen molar-refractivity contribution in [2.75, 3.05) is 47.0 Å². The molecule has 1 fully saturated rings. The zero-order valence-corrected chi connectivity index (χ0v) is 17.3. The highest BCUT2D eigenvalue weighted by Crippen LogP contribution is 2.31. The average Bonchev–Trinajstić information content (AvgIpc) is 2.71. The van der Waals surface area contributed by atoms with Crippen molar-refractivity contribution in [1.82, 2.24) is 9.21 Å². The van der Waals surface area contributed by atoms with Crippen molar-refractivity contribution in [2.24, 2.45) is 5.92 Å². The van der Waals surface area contributed by atoms with E-state index in [1.165, 1.54) is 35.6 Å². The first-order valence-electron chi connectivity index (χ1n) is 8.87. The van der Waals surface area contributed by atoms with Gasteiger partial charge in [0.2, 0.25) is 10.0 Å². The second kappa shape index (κ2) is 9.24. The number of ether oxygens (including phenoxy) is 3. The lowest BCUT2D eigenvalue weighted by molar-refractivity contribution is -0.155. The first-order valence-corrected chi connectivity index (χ1v) is 10.3. The van der Waals surface area contributed by atoms with E-state index in [1.807, 2.05) is 0 Å². The van der Waals surface area contributed by atoms with Gasteiger partial charge < -0.3 is 19.1 Å². The number of carbonyl (C=O) groups excluding carboxylic acids is 2. The van der Waals surface area contributed by atoms with Gasteiger partial charge >= 0.3 is 5.97 Å². The Bertz CT molecular complexity index is 815. The zero-order chi connectivity index (χ0) is 20.9. The van der Waals surface area contributed by atoms with Crippen LogP contribution in [0.5, 0.6) is 11.5 Å². The van der Waals surface area contributed by atoms with Crippen molar-refractivity contribution >= 4 is 21.9 Å². The maximum Gasteiger partial charge on any atom is 0.308 e. The molecule has 1 aliphatic heterocycles. The van der Waals surface area contributed by atoms with E-state index in [2.05, 4.69) is 0 Å². The van der Waals surface area contributed by atoms with E-state index < -0.39 is 16.0 Å². The number of carbonyl (C=O) groups is 2. The molecule has 0 aliphatic carbocycles. The van der Waals surface area contributed by atoms with Crippen LogP contribution in [-0.4, -0.2) is 76.5 Å². The number of esters is 1. The molecule has 0 spiro atoms. The van der Waals surface area contributed by atoms with E-state index in [9.17, 15) is 18.0 Å². The molecule has 1 saturated heterocycles. The summed E-state index contributed by atoms with van der Waals surface area (Å²) in [6.07, 6.45) is 0. The van der Waals surface area contributed by atoms with Crippen molar-refractivity contribution in [2.45, 2.75) is 18.7 Å². The summed E-state index contributed by atoms with van der Waals surface area (Å²) in [4.78, 5) is 25.2. The molecule has 1 aromatic carbocycles. The third-order valence-electron chi connectivity index (χ3n) is 4.39. The van der Waals surface area contributed by atoms with Crippen molar-refractivity contribution in [3.8, 4) is 11.5 Å². The van der Waals surface area contributed by atoms with Crippen LogP contribution < -0.4 is 9.47 Å². The van der Waals surface area contributed by atoms with Gasteiger partial charge in [0, 0.05) is 32.2 Å². The number of sulfonamides is 1. The standard InChI is InChI=1S/C18H26N2O7S/c1-13(2)18(22)27-12-17(21)19-7-9-20(10-8-19)28(23,24)16-11-14(25-3)5-6-15(16)26-4/h5-6,11,13H,7-10,12H2,1-4H3. The van der Waals surface area contributed by atoms with Crippen LogP contribution in [0.4, 0.5) is 0 Å². The summed E-state index contributed by atoms with van der Waals surface area (Å²) in [6.45, 7) is 3.71. The molecular formula is C18H26N2O7S. The van der Waals surface area contributed by atoms with Crippen molar-refractivity contribution in [3.63, 3.8) is 0 Å². The largest absolute Gasteiger partial charge is 0.497 e. The van der Waals surface area contributed by atoms with E-state index in [4.69, 9.17) is 14.2 Å². The predicted octanol–water partition coefficient (Wildman–Crippen LogP) is 0.736. The fourth-order valence-corrected chi connectivity index (χ4v) is 4.29. The zero-order valence-electron chi connectivity index (χ0n) is 16.5. The van der Waals surface area contributed by atoms with E-state index in [0.29, 0.717) is 5.75 Å². The number of hydrogen-bond donors (Lipinski definition) is 0. The van der Waals surface area contributed by atoms with Crippen molar-refractivity contribution in [3.05, 3.63) is 18.2 Å². The van der Waals surface area contributed by atoms with Gasteiger partial charge in [0.1, 0.15) is 16.4 Å². The lowest BCUT2D eigenvalue weighted by atomic mass is 10.2. The fraction of sp³-hybridized carbons (Fsp3) is 0.556. The molecule has 0 radical (unpaired) electrons. The molecule has 156 valence electrons. The summed E-state index contributed by atoms with van der Waals surface area (Å²) in [5, 5.41) is 0. The Kier molecular flexibility index (Phi) is 7.25. The molecule has 1 aromatic rings. The number of nitrogens with zero attached hydrogens (tertiary/aromatic N) is 2. The molecule has 0 unspecified atom stereocenters. The molecular weight excluding hydrogens is 388 g/mol. The Morgan fingerprint density at radius 1 is 1.07 bits per heavy atom.